The molecule has 112 valence electrons. The van der Waals surface area contributed by atoms with Crippen LogP contribution in [0.1, 0.15) is 18.6 Å². The van der Waals surface area contributed by atoms with Gasteiger partial charge in [0.15, 0.2) is 5.82 Å². The summed E-state index contributed by atoms with van der Waals surface area (Å²) in [6, 6.07) is 4.19. The van der Waals surface area contributed by atoms with Gasteiger partial charge in [-0.15, -0.1) is 0 Å². The van der Waals surface area contributed by atoms with Crippen LogP contribution in [0, 0.1) is 0 Å². The standard InChI is InChI=1S/C15H20N4O2/c1-18-8-6-16-14(15(18)20)19-7-2-4-12(11-19)17-10-13-5-3-9-21-13/h3,5-6,8-9,12,17H,2,4,7,10-11H2,1H3. The average molecular weight is 288 g/mol. The molecule has 0 aromatic carbocycles. The van der Waals surface area contributed by atoms with Gasteiger partial charge in [-0.05, 0) is 25.0 Å². The number of aromatic nitrogens is 2. The molecule has 0 bridgehead atoms. The van der Waals surface area contributed by atoms with Gasteiger partial charge in [-0.2, -0.15) is 0 Å². The Kier molecular flexibility index (Phi) is 4.06. The lowest BCUT2D eigenvalue weighted by atomic mass is 10.1. The second-order valence-corrected chi connectivity index (χ2v) is 5.41. The third kappa shape index (κ3) is 3.16. The molecule has 6 nitrogen and oxygen atoms in total. The molecule has 2 aromatic rings. The number of furan rings is 1. The van der Waals surface area contributed by atoms with Crippen LogP contribution < -0.4 is 15.8 Å². The summed E-state index contributed by atoms with van der Waals surface area (Å²) in [6.07, 6.45) is 7.20. The Morgan fingerprint density at radius 1 is 1.52 bits per heavy atom. The molecule has 0 saturated carbocycles. The van der Waals surface area contributed by atoms with Crippen molar-refractivity contribution >= 4 is 5.82 Å². The van der Waals surface area contributed by atoms with Crippen molar-refractivity contribution in [2.24, 2.45) is 7.05 Å². The highest BCUT2D eigenvalue weighted by molar-refractivity contribution is 5.36. The van der Waals surface area contributed by atoms with E-state index in [-0.39, 0.29) is 5.56 Å². The zero-order chi connectivity index (χ0) is 14.7. The first-order valence-corrected chi connectivity index (χ1v) is 7.26. The summed E-state index contributed by atoms with van der Waals surface area (Å²) in [5.74, 6) is 1.48. The van der Waals surface area contributed by atoms with Gasteiger partial charge in [0.25, 0.3) is 5.56 Å². The summed E-state index contributed by atoms with van der Waals surface area (Å²) < 4.78 is 6.90. The molecule has 21 heavy (non-hydrogen) atoms. The smallest absolute Gasteiger partial charge is 0.293 e. The molecule has 0 radical (unpaired) electrons. The number of nitrogens with one attached hydrogen (secondary N) is 1. The Morgan fingerprint density at radius 3 is 3.24 bits per heavy atom. The van der Waals surface area contributed by atoms with Gasteiger partial charge in [0.05, 0.1) is 12.8 Å². The summed E-state index contributed by atoms with van der Waals surface area (Å²) >= 11 is 0. The van der Waals surface area contributed by atoms with Crippen molar-refractivity contribution in [2.45, 2.75) is 25.4 Å². The van der Waals surface area contributed by atoms with E-state index < -0.39 is 0 Å². The maximum atomic E-state index is 12.1. The van der Waals surface area contributed by atoms with Gasteiger partial charge in [-0.3, -0.25) is 4.79 Å². The normalized spacial score (nSPS) is 18.9. The van der Waals surface area contributed by atoms with E-state index in [1.165, 1.54) is 0 Å². The highest BCUT2D eigenvalue weighted by atomic mass is 16.3. The Morgan fingerprint density at radius 2 is 2.43 bits per heavy atom. The number of rotatable bonds is 4. The third-order valence-electron chi connectivity index (χ3n) is 3.86. The zero-order valence-corrected chi connectivity index (χ0v) is 12.2. The molecule has 1 unspecified atom stereocenters. The predicted octanol–water partition coefficient (Wildman–Crippen LogP) is 1.13. The van der Waals surface area contributed by atoms with Crippen LogP contribution in [0.5, 0.6) is 0 Å². The second-order valence-electron chi connectivity index (χ2n) is 5.41. The van der Waals surface area contributed by atoms with Gasteiger partial charge in [0, 0.05) is 38.6 Å². The van der Waals surface area contributed by atoms with E-state index in [2.05, 4.69) is 15.2 Å². The molecular formula is C15H20N4O2. The molecular weight excluding hydrogens is 268 g/mol. The van der Waals surface area contributed by atoms with Crippen molar-refractivity contribution in [1.82, 2.24) is 14.9 Å². The van der Waals surface area contributed by atoms with Crippen LogP contribution in [0.15, 0.2) is 40.0 Å². The molecule has 1 fully saturated rings. The quantitative estimate of drug-likeness (QED) is 0.914. The molecule has 1 N–H and O–H groups in total. The maximum Gasteiger partial charge on any atom is 0.293 e. The highest BCUT2D eigenvalue weighted by Gasteiger charge is 2.22. The summed E-state index contributed by atoms with van der Waals surface area (Å²) in [7, 11) is 1.75. The van der Waals surface area contributed by atoms with Gasteiger partial charge in [-0.1, -0.05) is 0 Å². The van der Waals surface area contributed by atoms with Crippen molar-refractivity contribution in [3.8, 4) is 0 Å². The predicted molar refractivity (Wildman–Crippen MR) is 80.3 cm³/mol. The number of anilines is 1. The minimum absolute atomic E-state index is 0.0378. The fourth-order valence-electron chi connectivity index (χ4n) is 2.70. The van der Waals surface area contributed by atoms with Crippen molar-refractivity contribution in [3.63, 3.8) is 0 Å². The molecule has 3 rings (SSSR count). The SMILES string of the molecule is Cn1ccnc(N2CCCC(NCc3ccco3)C2)c1=O. The lowest BCUT2D eigenvalue weighted by Crippen LogP contribution is -2.47. The number of nitrogens with zero attached hydrogens (tertiary/aromatic N) is 3. The van der Waals surface area contributed by atoms with E-state index in [1.54, 1.807) is 30.3 Å². The lowest BCUT2D eigenvalue weighted by Gasteiger charge is -2.33. The number of hydrogen-bond acceptors (Lipinski definition) is 5. The van der Waals surface area contributed by atoms with Crippen molar-refractivity contribution in [2.75, 3.05) is 18.0 Å². The van der Waals surface area contributed by atoms with Crippen LogP contribution in [-0.2, 0) is 13.6 Å². The van der Waals surface area contributed by atoms with Crippen molar-refractivity contribution in [3.05, 3.63) is 46.9 Å². The fraction of sp³-hybridized carbons (Fsp3) is 0.467. The molecule has 1 atom stereocenters. The molecule has 1 saturated heterocycles. The molecule has 3 heterocycles. The molecule has 0 amide bonds. The van der Waals surface area contributed by atoms with E-state index in [0.717, 1.165) is 31.7 Å². The molecule has 0 aliphatic carbocycles. The van der Waals surface area contributed by atoms with Gasteiger partial charge >= 0.3 is 0 Å². The van der Waals surface area contributed by atoms with Crippen LogP contribution in [0.4, 0.5) is 5.82 Å². The van der Waals surface area contributed by atoms with E-state index in [4.69, 9.17) is 4.42 Å². The highest BCUT2D eigenvalue weighted by Crippen LogP contribution is 2.15. The first-order chi connectivity index (χ1) is 10.2. The topological polar surface area (TPSA) is 63.3 Å². The van der Waals surface area contributed by atoms with Gasteiger partial charge in [0.2, 0.25) is 0 Å². The second kappa shape index (κ2) is 6.13. The summed E-state index contributed by atoms with van der Waals surface area (Å²) in [5.41, 5.74) is -0.0378. The van der Waals surface area contributed by atoms with Crippen LogP contribution in [0.25, 0.3) is 0 Å². The molecule has 2 aromatic heterocycles. The van der Waals surface area contributed by atoms with Gasteiger partial charge < -0.3 is 19.2 Å². The van der Waals surface area contributed by atoms with Gasteiger partial charge in [0.1, 0.15) is 5.76 Å². The Hall–Kier alpha value is -2.08. The fourth-order valence-corrected chi connectivity index (χ4v) is 2.70. The molecule has 1 aliphatic heterocycles. The maximum absolute atomic E-state index is 12.1. The number of piperidine rings is 1. The molecule has 0 spiro atoms. The van der Waals surface area contributed by atoms with E-state index >= 15 is 0 Å². The Balaban J connectivity index is 1.65. The summed E-state index contributed by atoms with van der Waals surface area (Å²) in [5, 5.41) is 3.49. The molecule has 6 heteroatoms. The number of aryl methyl sites for hydroxylation is 1. The van der Waals surface area contributed by atoms with E-state index in [0.29, 0.717) is 18.4 Å². The zero-order valence-electron chi connectivity index (χ0n) is 12.2. The van der Waals surface area contributed by atoms with Crippen molar-refractivity contribution < 1.29 is 4.42 Å². The van der Waals surface area contributed by atoms with Crippen LogP contribution >= 0.6 is 0 Å². The Bertz CT molecular complexity index is 635. The minimum Gasteiger partial charge on any atom is -0.468 e. The largest absolute Gasteiger partial charge is 0.468 e. The monoisotopic (exact) mass is 288 g/mol. The van der Waals surface area contributed by atoms with E-state index in [9.17, 15) is 4.79 Å². The summed E-state index contributed by atoms with van der Waals surface area (Å²) in [4.78, 5) is 18.5. The first kappa shape index (κ1) is 13.9. The molecule has 1 aliphatic rings. The van der Waals surface area contributed by atoms with Crippen LogP contribution in [0.3, 0.4) is 0 Å². The average Bonchev–Trinajstić information content (AvgIpc) is 3.02. The first-order valence-electron chi connectivity index (χ1n) is 7.26. The lowest BCUT2D eigenvalue weighted by molar-refractivity contribution is 0.393. The van der Waals surface area contributed by atoms with Crippen LogP contribution in [0.2, 0.25) is 0 Å². The Labute approximate surface area is 123 Å². The van der Waals surface area contributed by atoms with Crippen LogP contribution in [-0.4, -0.2) is 28.7 Å². The minimum atomic E-state index is -0.0378. The van der Waals surface area contributed by atoms with Crippen molar-refractivity contribution in [1.29, 1.82) is 0 Å². The summed E-state index contributed by atoms with van der Waals surface area (Å²) in [6.45, 7) is 2.39. The van der Waals surface area contributed by atoms with Gasteiger partial charge in [-0.25, -0.2) is 4.98 Å². The third-order valence-corrected chi connectivity index (χ3v) is 3.86. The number of hydrogen-bond donors (Lipinski definition) is 1. The van der Waals surface area contributed by atoms with E-state index in [1.807, 2.05) is 12.1 Å².